The lowest BCUT2D eigenvalue weighted by Crippen LogP contribution is -1.95. The third-order valence-electron chi connectivity index (χ3n) is 4.94. The van der Waals surface area contributed by atoms with E-state index in [0.717, 1.165) is 27.5 Å². The molecule has 0 aliphatic carbocycles. The second-order valence-corrected chi connectivity index (χ2v) is 7.50. The Labute approximate surface area is 177 Å². The first kappa shape index (κ1) is 18.5. The standard InChI is InChI=1S/C25H16ClFN2O/c1-15-11-23(28-21-8-3-2-7-19(15)21)24-14-25(30-18-6-4-5-17(27)13-18)20-10-9-16(26)12-22(20)29-24/h2-14H,1H3. The number of halogens is 2. The molecule has 0 bridgehead atoms. The van der Waals surface area contributed by atoms with Gasteiger partial charge in [-0.1, -0.05) is 35.9 Å². The largest absolute Gasteiger partial charge is 0.456 e. The fourth-order valence-corrected chi connectivity index (χ4v) is 3.69. The average molecular weight is 415 g/mol. The van der Waals surface area contributed by atoms with Crippen molar-refractivity contribution in [3.8, 4) is 22.9 Å². The maximum Gasteiger partial charge on any atom is 0.139 e. The number of nitrogens with zero attached hydrogens (tertiary/aromatic N) is 2. The van der Waals surface area contributed by atoms with E-state index < -0.39 is 0 Å². The van der Waals surface area contributed by atoms with E-state index in [4.69, 9.17) is 26.3 Å². The zero-order valence-electron chi connectivity index (χ0n) is 16.1. The third kappa shape index (κ3) is 3.46. The van der Waals surface area contributed by atoms with Crippen molar-refractivity contribution >= 4 is 33.4 Å². The van der Waals surface area contributed by atoms with Gasteiger partial charge in [-0.15, -0.1) is 0 Å². The fraction of sp³-hybridized carbons (Fsp3) is 0.0400. The van der Waals surface area contributed by atoms with Crippen LogP contribution in [0.4, 0.5) is 4.39 Å². The molecule has 0 aliphatic rings. The highest BCUT2D eigenvalue weighted by Crippen LogP contribution is 2.35. The van der Waals surface area contributed by atoms with Gasteiger partial charge in [0.05, 0.1) is 22.4 Å². The molecule has 5 aromatic rings. The SMILES string of the molecule is Cc1cc(-c2cc(Oc3cccc(F)c3)c3ccc(Cl)cc3n2)nc2ccccc12. The highest BCUT2D eigenvalue weighted by atomic mass is 35.5. The zero-order valence-corrected chi connectivity index (χ0v) is 16.8. The highest BCUT2D eigenvalue weighted by molar-refractivity contribution is 6.31. The van der Waals surface area contributed by atoms with E-state index in [2.05, 4.69) is 6.92 Å². The molecule has 0 spiro atoms. The molecule has 0 saturated carbocycles. The van der Waals surface area contributed by atoms with Crippen LogP contribution in [0, 0.1) is 12.7 Å². The number of rotatable bonds is 3. The Balaban J connectivity index is 1.71. The second-order valence-electron chi connectivity index (χ2n) is 7.07. The number of aromatic nitrogens is 2. The van der Waals surface area contributed by atoms with Crippen molar-refractivity contribution in [2.75, 3.05) is 0 Å². The molecular weight excluding hydrogens is 399 g/mol. The highest BCUT2D eigenvalue weighted by Gasteiger charge is 2.13. The number of hydrogen-bond acceptors (Lipinski definition) is 3. The van der Waals surface area contributed by atoms with Crippen molar-refractivity contribution in [3.05, 3.63) is 95.3 Å². The molecular formula is C25H16ClFN2O. The van der Waals surface area contributed by atoms with E-state index >= 15 is 0 Å². The Morgan fingerprint density at radius 2 is 1.57 bits per heavy atom. The summed E-state index contributed by atoms with van der Waals surface area (Å²) in [6, 6.07) is 23.3. The summed E-state index contributed by atoms with van der Waals surface area (Å²) < 4.78 is 19.7. The van der Waals surface area contributed by atoms with Gasteiger partial charge in [0.25, 0.3) is 0 Å². The lowest BCUT2D eigenvalue weighted by molar-refractivity contribution is 0.482. The van der Waals surface area contributed by atoms with Gasteiger partial charge in [-0.25, -0.2) is 14.4 Å². The van der Waals surface area contributed by atoms with Crippen LogP contribution in [0.1, 0.15) is 5.56 Å². The van der Waals surface area contributed by atoms with Crippen molar-refractivity contribution in [2.24, 2.45) is 0 Å². The Morgan fingerprint density at radius 1 is 0.767 bits per heavy atom. The van der Waals surface area contributed by atoms with Gasteiger partial charge in [-0.3, -0.25) is 0 Å². The van der Waals surface area contributed by atoms with Gasteiger partial charge in [0, 0.05) is 27.9 Å². The predicted octanol–water partition coefficient (Wildman–Crippen LogP) is 7.34. The summed E-state index contributed by atoms with van der Waals surface area (Å²) in [5.41, 5.74) is 4.07. The summed E-state index contributed by atoms with van der Waals surface area (Å²) in [7, 11) is 0. The second kappa shape index (κ2) is 7.39. The zero-order chi connectivity index (χ0) is 20.7. The monoisotopic (exact) mass is 414 g/mol. The molecule has 0 fully saturated rings. The summed E-state index contributed by atoms with van der Waals surface area (Å²) in [5.74, 6) is 0.608. The van der Waals surface area contributed by atoms with E-state index in [0.29, 0.717) is 27.7 Å². The number of ether oxygens (including phenoxy) is 1. The van der Waals surface area contributed by atoms with Crippen molar-refractivity contribution < 1.29 is 9.13 Å². The minimum Gasteiger partial charge on any atom is -0.456 e. The van der Waals surface area contributed by atoms with Gasteiger partial charge in [0.15, 0.2) is 0 Å². The molecule has 5 rings (SSSR count). The molecule has 0 unspecified atom stereocenters. The molecule has 0 amide bonds. The Bertz CT molecular complexity index is 1420. The summed E-state index contributed by atoms with van der Waals surface area (Å²) in [4.78, 5) is 9.56. The Morgan fingerprint density at radius 3 is 2.43 bits per heavy atom. The molecule has 0 atom stereocenters. The van der Waals surface area contributed by atoms with Crippen LogP contribution < -0.4 is 4.74 Å². The first-order valence-corrected chi connectivity index (χ1v) is 9.85. The van der Waals surface area contributed by atoms with Gasteiger partial charge >= 0.3 is 0 Å². The number of aryl methyl sites for hydroxylation is 1. The van der Waals surface area contributed by atoms with E-state index in [9.17, 15) is 4.39 Å². The minimum absolute atomic E-state index is 0.360. The van der Waals surface area contributed by atoms with Crippen LogP contribution in [-0.4, -0.2) is 9.97 Å². The van der Waals surface area contributed by atoms with Crippen molar-refractivity contribution in [2.45, 2.75) is 6.92 Å². The quantitative estimate of drug-likeness (QED) is 0.309. The molecule has 3 aromatic carbocycles. The van der Waals surface area contributed by atoms with Crippen molar-refractivity contribution in [3.63, 3.8) is 0 Å². The van der Waals surface area contributed by atoms with Crippen LogP contribution in [0.15, 0.2) is 78.9 Å². The van der Waals surface area contributed by atoms with Gasteiger partial charge in [-0.2, -0.15) is 0 Å². The molecule has 146 valence electrons. The average Bonchev–Trinajstić information content (AvgIpc) is 2.73. The minimum atomic E-state index is -0.360. The molecule has 0 N–H and O–H groups in total. The summed E-state index contributed by atoms with van der Waals surface area (Å²) in [6.07, 6.45) is 0. The Kier molecular flexibility index (Phi) is 4.57. The van der Waals surface area contributed by atoms with E-state index in [1.807, 2.05) is 42.5 Å². The first-order valence-electron chi connectivity index (χ1n) is 9.47. The van der Waals surface area contributed by atoms with Crippen LogP contribution in [0.3, 0.4) is 0 Å². The number of fused-ring (bicyclic) bond motifs is 2. The van der Waals surface area contributed by atoms with E-state index in [-0.39, 0.29) is 5.82 Å². The van der Waals surface area contributed by atoms with Gasteiger partial charge in [-0.05, 0) is 55.0 Å². The summed E-state index contributed by atoms with van der Waals surface area (Å²) >= 11 is 6.21. The number of hydrogen-bond donors (Lipinski definition) is 0. The number of para-hydroxylation sites is 1. The van der Waals surface area contributed by atoms with Crippen LogP contribution in [-0.2, 0) is 0 Å². The van der Waals surface area contributed by atoms with Gasteiger partial charge in [0.1, 0.15) is 17.3 Å². The Hall–Kier alpha value is -3.50. The molecule has 0 aliphatic heterocycles. The molecule has 30 heavy (non-hydrogen) atoms. The summed E-state index contributed by atoms with van der Waals surface area (Å²) in [5, 5.41) is 2.46. The smallest absolute Gasteiger partial charge is 0.139 e. The fourth-order valence-electron chi connectivity index (χ4n) is 3.52. The van der Waals surface area contributed by atoms with E-state index in [1.54, 1.807) is 24.3 Å². The van der Waals surface area contributed by atoms with E-state index in [1.165, 1.54) is 12.1 Å². The molecule has 3 nitrogen and oxygen atoms in total. The van der Waals surface area contributed by atoms with Crippen LogP contribution >= 0.6 is 11.6 Å². The normalized spacial score (nSPS) is 11.2. The topological polar surface area (TPSA) is 35.0 Å². The maximum absolute atomic E-state index is 13.7. The van der Waals surface area contributed by atoms with Crippen LogP contribution in [0.25, 0.3) is 33.2 Å². The predicted molar refractivity (Wildman–Crippen MR) is 119 cm³/mol. The lowest BCUT2D eigenvalue weighted by atomic mass is 10.1. The molecule has 0 saturated heterocycles. The lowest BCUT2D eigenvalue weighted by Gasteiger charge is -2.12. The van der Waals surface area contributed by atoms with Gasteiger partial charge in [0.2, 0.25) is 0 Å². The molecule has 0 radical (unpaired) electrons. The molecule has 5 heteroatoms. The van der Waals surface area contributed by atoms with Crippen molar-refractivity contribution in [1.29, 1.82) is 0 Å². The number of benzene rings is 3. The summed E-state index contributed by atoms with van der Waals surface area (Å²) in [6.45, 7) is 2.05. The molecule has 2 heterocycles. The van der Waals surface area contributed by atoms with Gasteiger partial charge < -0.3 is 4.74 Å². The third-order valence-corrected chi connectivity index (χ3v) is 5.18. The van der Waals surface area contributed by atoms with Crippen molar-refractivity contribution in [1.82, 2.24) is 9.97 Å². The maximum atomic E-state index is 13.7. The molecule has 2 aromatic heterocycles. The van der Waals surface area contributed by atoms with Crippen LogP contribution in [0.5, 0.6) is 11.5 Å². The number of pyridine rings is 2. The van der Waals surface area contributed by atoms with Crippen LogP contribution in [0.2, 0.25) is 5.02 Å². The first-order chi connectivity index (χ1) is 14.6.